The minimum Gasteiger partial charge on any atom is -0.356 e. The van der Waals surface area contributed by atoms with Crippen molar-refractivity contribution >= 4 is 17.6 Å². The molecular formula is C19H19ClFN5O. The van der Waals surface area contributed by atoms with E-state index in [0.717, 1.165) is 17.5 Å². The van der Waals surface area contributed by atoms with Gasteiger partial charge in [-0.05, 0) is 48.4 Å². The quantitative estimate of drug-likeness (QED) is 0.500. The third kappa shape index (κ3) is 5.52. The summed E-state index contributed by atoms with van der Waals surface area (Å²) in [4.78, 5) is 8.50. The van der Waals surface area contributed by atoms with Gasteiger partial charge < -0.3 is 15.2 Å². The number of nitrogens with one attached hydrogen (secondary N) is 2. The Morgan fingerprint density at radius 3 is 2.56 bits per heavy atom. The van der Waals surface area contributed by atoms with Crippen LogP contribution in [0.1, 0.15) is 11.5 Å². The number of aliphatic imine (C=N–C) groups is 1. The number of rotatable bonds is 6. The van der Waals surface area contributed by atoms with Crippen molar-refractivity contribution in [3.8, 4) is 11.4 Å². The number of nitrogens with zero attached hydrogens (tertiary/aromatic N) is 3. The van der Waals surface area contributed by atoms with Crippen LogP contribution in [-0.4, -0.2) is 29.7 Å². The van der Waals surface area contributed by atoms with Crippen molar-refractivity contribution in [1.82, 2.24) is 20.8 Å². The molecule has 0 aliphatic carbocycles. The lowest BCUT2D eigenvalue weighted by atomic mass is 10.1. The summed E-state index contributed by atoms with van der Waals surface area (Å²) in [5.74, 6) is 1.33. The fourth-order valence-corrected chi connectivity index (χ4v) is 2.53. The monoisotopic (exact) mass is 387 g/mol. The first-order chi connectivity index (χ1) is 13.1. The Balaban J connectivity index is 1.48. The van der Waals surface area contributed by atoms with Crippen LogP contribution in [-0.2, 0) is 13.0 Å². The van der Waals surface area contributed by atoms with Crippen molar-refractivity contribution in [2.75, 3.05) is 13.6 Å². The molecule has 3 aromatic rings. The first-order valence-electron chi connectivity index (χ1n) is 8.41. The second kappa shape index (κ2) is 9.14. The minimum absolute atomic E-state index is 0.235. The molecule has 1 aromatic heterocycles. The van der Waals surface area contributed by atoms with Crippen molar-refractivity contribution in [2.24, 2.45) is 4.99 Å². The van der Waals surface area contributed by atoms with Gasteiger partial charge in [0.2, 0.25) is 11.7 Å². The molecule has 0 amide bonds. The van der Waals surface area contributed by atoms with Gasteiger partial charge in [0.25, 0.3) is 0 Å². The van der Waals surface area contributed by atoms with Gasteiger partial charge in [0, 0.05) is 24.2 Å². The summed E-state index contributed by atoms with van der Waals surface area (Å²) in [5.41, 5.74) is 1.88. The molecule has 0 aliphatic rings. The van der Waals surface area contributed by atoms with Crippen LogP contribution in [0, 0.1) is 5.82 Å². The van der Waals surface area contributed by atoms with E-state index in [1.807, 2.05) is 12.1 Å². The lowest BCUT2D eigenvalue weighted by molar-refractivity contribution is 0.375. The van der Waals surface area contributed by atoms with Gasteiger partial charge in [-0.2, -0.15) is 4.98 Å². The van der Waals surface area contributed by atoms with Crippen LogP contribution >= 0.6 is 11.6 Å². The minimum atomic E-state index is -0.235. The Morgan fingerprint density at radius 2 is 1.85 bits per heavy atom. The topological polar surface area (TPSA) is 75.3 Å². The van der Waals surface area contributed by atoms with Crippen LogP contribution in [0.3, 0.4) is 0 Å². The van der Waals surface area contributed by atoms with Crippen LogP contribution < -0.4 is 10.6 Å². The first kappa shape index (κ1) is 18.8. The zero-order chi connectivity index (χ0) is 19.1. The van der Waals surface area contributed by atoms with Gasteiger partial charge in [0.15, 0.2) is 5.96 Å². The molecule has 0 fully saturated rings. The van der Waals surface area contributed by atoms with Gasteiger partial charge in [-0.1, -0.05) is 28.9 Å². The SMILES string of the molecule is CN=C(NCCc1ccc(F)cc1)NCc1nc(-c2ccc(Cl)cc2)no1. The lowest BCUT2D eigenvalue weighted by Crippen LogP contribution is -2.37. The van der Waals surface area contributed by atoms with Crippen LogP contribution in [0.2, 0.25) is 5.02 Å². The molecule has 27 heavy (non-hydrogen) atoms. The second-order valence-corrected chi connectivity index (χ2v) is 6.18. The Labute approximate surface area is 161 Å². The maximum absolute atomic E-state index is 12.9. The molecule has 0 atom stereocenters. The fourth-order valence-electron chi connectivity index (χ4n) is 2.40. The highest BCUT2D eigenvalue weighted by Gasteiger charge is 2.09. The molecule has 2 N–H and O–H groups in total. The van der Waals surface area contributed by atoms with E-state index < -0.39 is 0 Å². The fraction of sp³-hybridized carbons (Fsp3) is 0.211. The zero-order valence-electron chi connectivity index (χ0n) is 14.7. The smallest absolute Gasteiger partial charge is 0.246 e. The van der Waals surface area contributed by atoms with E-state index >= 15 is 0 Å². The molecule has 0 aliphatic heterocycles. The number of halogens is 2. The van der Waals surface area contributed by atoms with Crippen molar-refractivity contribution < 1.29 is 8.91 Å². The first-order valence-corrected chi connectivity index (χ1v) is 8.79. The summed E-state index contributed by atoms with van der Waals surface area (Å²) in [5, 5.41) is 10.9. The predicted molar refractivity (Wildman–Crippen MR) is 103 cm³/mol. The molecule has 140 valence electrons. The summed E-state index contributed by atoms with van der Waals surface area (Å²) in [7, 11) is 1.68. The maximum Gasteiger partial charge on any atom is 0.246 e. The predicted octanol–water partition coefficient (Wildman–Crippen LogP) is 3.44. The molecule has 0 spiro atoms. The van der Waals surface area contributed by atoms with E-state index in [1.54, 1.807) is 31.3 Å². The van der Waals surface area contributed by atoms with Gasteiger partial charge in [0.05, 0.1) is 6.54 Å². The van der Waals surface area contributed by atoms with E-state index in [1.165, 1.54) is 12.1 Å². The highest BCUT2D eigenvalue weighted by Crippen LogP contribution is 2.18. The van der Waals surface area contributed by atoms with Crippen LogP contribution in [0.4, 0.5) is 4.39 Å². The third-order valence-electron chi connectivity index (χ3n) is 3.82. The average Bonchev–Trinajstić information content (AvgIpc) is 3.15. The summed E-state index contributed by atoms with van der Waals surface area (Å²) < 4.78 is 18.2. The molecule has 0 saturated carbocycles. The van der Waals surface area contributed by atoms with E-state index in [4.69, 9.17) is 16.1 Å². The lowest BCUT2D eigenvalue weighted by Gasteiger charge is -2.10. The normalized spacial score (nSPS) is 11.4. The van der Waals surface area contributed by atoms with E-state index in [9.17, 15) is 4.39 Å². The molecule has 2 aromatic carbocycles. The summed E-state index contributed by atoms with van der Waals surface area (Å²) in [6.07, 6.45) is 0.752. The largest absolute Gasteiger partial charge is 0.356 e. The highest BCUT2D eigenvalue weighted by atomic mass is 35.5. The Bertz CT molecular complexity index is 893. The van der Waals surface area contributed by atoms with E-state index in [-0.39, 0.29) is 5.82 Å². The molecular weight excluding hydrogens is 369 g/mol. The summed E-state index contributed by atoms with van der Waals surface area (Å²) in [6, 6.07) is 13.7. The standard InChI is InChI=1S/C19H19ClFN5O/c1-22-19(23-11-10-13-2-8-16(21)9-3-13)24-12-17-25-18(26-27-17)14-4-6-15(20)7-5-14/h2-9H,10-12H2,1H3,(H2,22,23,24). The third-order valence-corrected chi connectivity index (χ3v) is 4.07. The van der Waals surface area contributed by atoms with E-state index in [0.29, 0.717) is 35.8 Å². The molecule has 8 heteroatoms. The van der Waals surface area contributed by atoms with Gasteiger partial charge >= 0.3 is 0 Å². The van der Waals surface area contributed by atoms with Crippen molar-refractivity contribution in [1.29, 1.82) is 0 Å². The average molecular weight is 388 g/mol. The maximum atomic E-state index is 12.9. The van der Waals surface area contributed by atoms with E-state index in [2.05, 4.69) is 25.8 Å². The Kier molecular flexibility index (Phi) is 6.38. The molecule has 3 rings (SSSR count). The molecule has 0 unspecified atom stereocenters. The molecule has 1 heterocycles. The highest BCUT2D eigenvalue weighted by molar-refractivity contribution is 6.30. The Morgan fingerprint density at radius 1 is 1.11 bits per heavy atom. The molecule has 0 radical (unpaired) electrons. The van der Waals surface area contributed by atoms with Crippen LogP contribution in [0.15, 0.2) is 58.0 Å². The number of hydrogen-bond donors (Lipinski definition) is 2. The molecule has 0 bridgehead atoms. The zero-order valence-corrected chi connectivity index (χ0v) is 15.5. The number of guanidine groups is 1. The summed E-state index contributed by atoms with van der Waals surface area (Å²) in [6.45, 7) is 1.00. The van der Waals surface area contributed by atoms with Crippen molar-refractivity contribution in [2.45, 2.75) is 13.0 Å². The molecule has 0 saturated heterocycles. The van der Waals surface area contributed by atoms with Crippen molar-refractivity contribution in [3.05, 3.63) is 70.8 Å². The van der Waals surface area contributed by atoms with Gasteiger partial charge in [0.1, 0.15) is 5.82 Å². The van der Waals surface area contributed by atoms with Crippen LogP contribution in [0.25, 0.3) is 11.4 Å². The summed E-state index contributed by atoms with van der Waals surface area (Å²) >= 11 is 5.88. The number of benzene rings is 2. The van der Waals surface area contributed by atoms with Gasteiger partial charge in [-0.3, -0.25) is 4.99 Å². The van der Waals surface area contributed by atoms with Gasteiger partial charge in [-0.25, -0.2) is 4.39 Å². The number of hydrogen-bond acceptors (Lipinski definition) is 4. The van der Waals surface area contributed by atoms with Crippen LogP contribution in [0.5, 0.6) is 0 Å². The van der Waals surface area contributed by atoms with Crippen molar-refractivity contribution in [3.63, 3.8) is 0 Å². The second-order valence-electron chi connectivity index (χ2n) is 5.75. The van der Waals surface area contributed by atoms with Gasteiger partial charge in [-0.15, -0.1) is 0 Å². The number of aromatic nitrogens is 2. The molecule has 6 nitrogen and oxygen atoms in total. The Hall–Kier alpha value is -2.93.